The van der Waals surface area contributed by atoms with Crippen molar-refractivity contribution in [3.63, 3.8) is 0 Å². The van der Waals surface area contributed by atoms with Crippen LogP contribution in [0, 0.1) is 0 Å². The van der Waals surface area contributed by atoms with Gasteiger partial charge in [0, 0.05) is 13.0 Å². The first-order valence-corrected chi connectivity index (χ1v) is 11.8. The summed E-state index contributed by atoms with van der Waals surface area (Å²) in [4.78, 5) is 11.7. The number of rotatable bonds is 18. The molecule has 0 saturated carbocycles. The van der Waals surface area contributed by atoms with Crippen LogP contribution in [0.4, 0.5) is 0 Å². The Hall–Kier alpha value is -0.870. The van der Waals surface area contributed by atoms with Crippen LogP contribution in [-0.2, 0) is 14.3 Å². The van der Waals surface area contributed by atoms with Gasteiger partial charge in [-0.2, -0.15) is 0 Å². The third-order valence-corrected chi connectivity index (χ3v) is 5.45. The van der Waals surface area contributed by atoms with Gasteiger partial charge in [-0.25, -0.2) is 0 Å². The first kappa shape index (κ1) is 25.2. The molecule has 0 radical (unpaired) electrons. The summed E-state index contributed by atoms with van der Waals surface area (Å²) >= 11 is 0. The molecule has 1 aliphatic rings. The number of unbranched alkanes of at least 4 members (excludes halogenated alkanes) is 11. The molecule has 0 aromatic rings. The van der Waals surface area contributed by atoms with E-state index < -0.39 is 6.10 Å². The molecule has 0 spiro atoms. The summed E-state index contributed by atoms with van der Waals surface area (Å²) in [7, 11) is 0. The van der Waals surface area contributed by atoms with Gasteiger partial charge in [0.1, 0.15) is 12.7 Å². The maximum Gasteiger partial charge on any atom is 0.305 e. The monoisotopic (exact) mass is 396 g/mol. The number of hydrogen-bond acceptors (Lipinski definition) is 4. The summed E-state index contributed by atoms with van der Waals surface area (Å²) in [6, 6.07) is 0. The maximum atomic E-state index is 11.7. The zero-order valence-electron chi connectivity index (χ0n) is 18.2. The van der Waals surface area contributed by atoms with Crippen LogP contribution in [0.1, 0.15) is 110 Å². The minimum absolute atomic E-state index is 0.0652. The van der Waals surface area contributed by atoms with Gasteiger partial charge in [-0.15, -0.1) is 0 Å². The molecule has 164 valence electrons. The van der Waals surface area contributed by atoms with Crippen LogP contribution in [0.3, 0.4) is 0 Å². The summed E-state index contributed by atoms with van der Waals surface area (Å²) < 4.78 is 10.6. The zero-order chi connectivity index (χ0) is 20.3. The number of ether oxygens (including phenoxy) is 2. The Morgan fingerprint density at radius 1 is 1.00 bits per heavy atom. The molecule has 1 rings (SSSR count). The molecule has 1 heterocycles. The Balaban J connectivity index is 1.80. The number of aliphatic hydroxyl groups is 1. The van der Waals surface area contributed by atoms with Crippen LogP contribution in [0.2, 0.25) is 0 Å². The highest BCUT2D eigenvalue weighted by molar-refractivity contribution is 5.69. The van der Waals surface area contributed by atoms with E-state index in [0.29, 0.717) is 13.0 Å². The van der Waals surface area contributed by atoms with Gasteiger partial charge in [0.2, 0.25) is 0 Å². The topological polar surface area (TPSA) is 55.8 Å². The number of esters is 1. The van der Waals surface area contributed by atoms with E-state index in [1.54, 1.807) is 0 Å². The average molecular weight is 397 g/mol. The van der Waals surface area contributed by atoms with Gasteiger partial charge < -0.3 is 14.6 Å². The van der Waals surface area contributed by atoms with Crippen molar-refractivity contribution in [2.45, 2.75) is 122 Å². The fourth-order valence-corrected chi connectivity index (χ4v) is 3.60. The second kappa shape index (κ2) is 18.2. The van der Waals surface area contributed by atoms with Crippen molar-refractivity contribution in [3.05, 3.63) is 12.2 Å². The van der Waals surface area contributed by atoms with E-state index >= 15 is 0 Å². The Morgan fingerprint density at radius 3 is 2.21 bits per heavy atom. The van der Waals surface area contributed by atoms with Crippen molar-refractivity contribution in [3.8, 4) is 0 Å². The molecule has 2 unspecified atom stereocenters. The number of aliphatic hydroxyl groups excluding tert-OH is 1. The molecule has 1 N–H and O–H groups in total. The third-order valence-electron chi connectivity index (χ3n) is 5.45. The number of allylic oxidation sites excluding steroid dienone is 2. The second-order valence-corrected chi connectivity index (χ2v) is 8.14. The van der Waals surface area contributed by atoms with Crippen molar-refractivity contribution in [2.75, 3.05) is 13.2 Å². The Labute approximate surface area is 173 Å². The molecular weight excluding hydrogens is 352 g/mol. The van der Waals surface area contributed by atoms with E-state index in [0.717, 1.165) is 25.7 Å². The number of hydrogen-bond donors (Lipinski definition) is 1. The first-order valence-electron chi connectivity index (χ1n) is 11.8. The normalized spacial score (nSPS) is 18.0. The predicted octanol–water partition coefficient (Wildman–Crippen LogP) is 6.11. The largest absolute Gasteiger partial charge is 0.463 e. The van der Waals surface area contributed by atoms with E-state index in [4.69, 9.17) is 9.47 Å². The van der Waals surface area contributed by atoms with Gasteiger partial charge in [0.25, 0.3) is 0 Å². The van der Waals surface area contributed by atoms with Crippen LogP contribution in [0.5, 0.6) is 0 Å². The highest BCUT2D eigenvalue weighted by Crippen LogP contribution is 2.16. The Morgan fingerprint density at radius 2 is 1.61 bits per heavy atom. The highest BCUT2D eigenvalue weighted by atomic mass is 16.6. The van der Waals surface area contributed by atoms with Crippen molar-refractivity contribution < 1.29 is 19.4 Å². The fourth-order valence-electron chi connectivity index (χ4n) is 3.60. The van der Waals surface area contributed by atoms with Gasteiger partial charge in [-0.1, -0.05) is 70.4 Å². The molecule has 0 aromatic carbocycles. The van der Waals surface area contributed by atoms with E-state index in [9.17, 15) is 9.90 Å². The molecule has 0 aromatic heterocycles. The molecule has 0 amide bonds. The average Bonchev–Trinajstić information content (AvgIpc) is 3.24. The Bertz CT molecular complexity index is 388. The number of carbonyl (C=O) groups is 1. The van der Waals surface area contributed by atoms with Crippen LogP contribution in [0.25, 0.3) is 0 Å². The molecule has 1 aliphatic heterocycles. The minimum atomic E-state index is -0.679. The van der Waals surface area contributed by atoms with Crippen LogP contribution in [-0.4, -0.2) is 36.5 Å². The van der Waals surface area contributed by atoms with Crippen LogP contribution < -0.4 is 0 Å². The predicted molar refractivity (Wildman–Crippen MR) is 115 cm³/mol. The lowest BCUT2D eigenvalue weighted by atomic mass is 10.1. The smallest absolute Gasteiger partial charge is 0.305 e. The molecule has 1 fully saturated rings. The highest BCUT2D eigenvalue weighted by Gasteiger charge is 2.25. The van der Waals surface area contributed by atoms with Gasteiger partial charge >= 0.3 is 5.97 Å². The van der Waals surface area contributed by atoms with Crippen molar-refractivity contribution in [1.29, 1.82) is 0 Å². The Kier molecular flexibility index (Phi) is 16.3. The molecule has 0 aliphatic carbocycles. The van der Waals surface area contributed by atoms with Crippen LogP contribution >= 0.6 is 0 Å². The number of carbonyl (C=O) groups excluding carboxylic acids is 1. The lowest BCUT2D eigenvalue weighted by Gasteiger charge is -2.17. The van der Waals surface area contributed by atoms with Gasteiger partial charge in [0.05, 0.1) is 6.10 Å². The summed E-state index contributed by atoms with van der Waals surface area (Å²) in [6.07, 6.45) is 22.3. The fraction of sp³-hybridized carbons (Fsp3) is 0.875. The van der Waals surface area contributed by atoms with Crippen LogP contribution in [0.15, 0.2) is 12.2 Å². The maximum absolute atomic E-state index is 11.7. The van der Waals surface area contributed by atoms with E-state index in [2.05, 4.69) is 19.1 Å². The zero-order valence-corrected chi connectivity index (χ0v) is 18.2. The summed E-state index contributed by atoms with van der Waals surface area (Å²) in [5.41, 5.74) is 0. The van der Waals surface area contributed by atoms with E-state index in [1.165, 1.54) is 70.6 Å². The minimum Gasteiger partial charge on any atom is -0.463 e. The lowest BCUT2D eigenvalue weighted by Crippen LogP contribution is -2.31. The molecule has 2 atom stereocenters. The lowest BCUT2D eigenvalue weighted by molar-refractivity contribution is -0.149. The summed E-state index contributed by atoms with van der Waals surface area (Å²) in [5, 5.41) is 9.89. The standard InChI is InChI=1S/C24H44O4/c1-2-3-4-5-6-7-8-9-10-11-12-13-14-15-16-19-24(26)28-21-22(25)23-18-17-20-27-23/h8-9,22-23,25H,2-7,10-21H2,1H3. The molecule has 1 saturated heterocycles. The SMILES string of the molecule is CCCCCCCC=CCCCCCCCCC(=O)OCC(O)C1CCCO1. The van der Waals surface area contributed by atoms with E-state index in [-0.39, 0.29) is 18.7 Å². The van der Waals surface area contributed by atoms with Crippen molar-refractivity contribution in [1.82, 2.24) is 0 Å². The molecule has 4 nitrogen and oxygen atoms in total. The third kappa shape index (κ3) is 14.2. The van der Waals surface area contributed by atoms with E-state index in [1.807, 2.05) is 0 Å². The first-order chi connectivity index (χ1) is 13.7. The summed E-state index contributed by atoms with van der Waals surface area (Å²) in [6.45, 7) is 3.02. The quantitative estimate of drug-likeness (QED) is 0.173. The second-order valence-electron chi connectivity index (χ2n) is 8.14. The van der Waals surface area contributed by atoms with Gasteiger partial charge in [-0.3, -0.25) is 4.79 Å². The molecule has 4 heteroatoms. The van der Waals surface area contributed by atoms with Crippen molar-refractivity contribution in [2.24, 2.45) is 0 Å². The van der Waals surface area contributed by atoms with Crippen molar-refractivity contribution >= 4 is 5.97 Å². The molecule has 28 heavy (non-hydrogen) atoms. The molecular formula is C24H44O4. The summed E-state index contributed by atoms with van der Waals surface area (Å²) in [5.74, 6) is -0.197. The molecule has 0 bridgehead atoms. The van der Waals surface area contributed by atoms with Gasteiger partial charge in [-0.05, 0) is 44.9 Å². The van der Waals surface area contributed by atoms with Gasteiger partial charge in [0.15, 0.2) is 0 Å².